The van der Waals surface area contributed by atoms with E-state index in [0.29, 0.717) is 11.8 Å². The summed E-state index contributed by atoms with van der Waals surface area (Å²) in [4.78, 5) is 3.98. The van der Waals surface area contributed by atoms with Crippen molar-refractivity contribution in [2.24, 2.45) is 0 Å². The van der Waals surface area contributed by atoms with Gasteiger partial charge < -0.3 is 9.15 Å². The first-order valence-corrected chi connectivity index (χ1v) is 7.46. The van der Waals surface area contributed by atoms with Gasteiger partial charge in [0, 0.05) is 23.5 Å². The van der Waals surface area contributed by atoms with Crippen LogP contribution in [-0.4, -0.2) is 15.2 Å². The van der Waals surface area contributed by atoms with Gasteiger partial charge in [-0.05, 0) is 48.5 Å². The Hall–Kier alpha value is -3.47. The van der Waals surface area contributed by atoms with Crippen molar-refractivity contribution < 1.29 is 9.15 Å². The number of ether oxygens (including phenoxy) is 1. The highest BCUT2D eigenvalue weighted by Crippen LogP contribution is 2.27. The van der Waals surface area contributed by atoms with E-state index in [1.807, 2.05) is 66.7 Å². The molecule has 5 heteroatoms. The molecule has 24 heavy (non-hydrogen) atoms. The third kappa shape index (κ3) is 3.01. The molecule has 4 rings (SSSR count). The second kappa shape index (κ2) is 6.34. The van der Waals surface area contributed by atoms with Crippen molar-refractivity contribution in [3.8, 4) is 34.4 Å². The second-order valence-corrected chi connectivity index (χ2v) is 5.09. The van der Waals surface area contributed by atoms with Crippen LogP contribution >= 0.6 is 0 Å². The quantitative estimate of drug-likeness (QED) is 0.551. The van der Waals surface area contributed by atoms with Gasteiger partial charge in [-0.1, -0.05) is 18.2 Å². The van der Waals surface area contributed by atoms with Crippen LogP contribution in [0.25, 0.3) is 22.9 Å². The Morgan fingerprint density at radius 2 is 1.21 bits per heavy atom. The van der Waals surface area contributed by atoms with Crippen molar-refractivity contribution in [1.82, 2.24) is 15.2 Å². The van der Waals surface area contributed by atoms with E-state index in [0.717, 1.165) is 22.6 Å². The standard InChI is InChI=1S/C19H13N3O2/c1-2-4-16(5-3-1)23-17-8-6-14(7-9-17)18-21-22-19(24-18)15-10-12-20-13-11-15/h1-13H. The lowest BCUT2D eigenvalue weighted by molar-refractivity contribution is 0.482. The molecule has 0 aliphatic rings. The SMILES string of the molecule is c1ccc(Oc2ccc(-c3nnc(-c4ccncc4)o3)cc2)cc1. The molecule has 2 heterocycles. The van der Waals surface area contributed by atoms with Crippen molar-refractivity contribution in [2.75, 3.05) is 0 Å². The maximum Gasteiger partial charge on any atom is 0.248 e. The number of pyridine rings is 1. The second-order valence-electron chi connectivity index (χ2n) is 5.09. The molecule has 116 valence electrons. The number of nitrogens with zero attached hydrogens (tertiary/aromatic N) is 3. The van der Waals surface area contributed by atoms with Crippen molar-refractivity contribution in [2.45, 2.75) is 0 Å². The zero-order valence-electron chi connectivity index (χ0n) is 12.7. The molecule has 4 aromatic rings. The van der Waals surface area contributed by atoms with E-state index >= 15 is 0 Å². The summed E-state index contributed by atoms with van der Waals surface area (Å²) >= 11 is 0. The summed E-state index contributed by atoms with van der Waals surface area (Å²) < 4.78 is 11.5. The first kappa shape index (κ1) is 14.1. The van der Waals surface area contributed by atoms with Crippen LogP contribution in [0.3, 0.4) is 0 Å². The fourth-order valence-corrected chi connectivity index (χ4v) is 2.24. The molecule has 0 aliphatic carbocycles. The molecule has 0 amide bonds. The van der Waals surface area contributed by atoms with Crippen LogP contribution in [0.4, 0.5) is 0 Å². The van der Waals surface area contributed by atoms with Gasteiger partial charge >= 0.3 is 0 Å². The summed E-state index contributed by atoms with van der Waals surface area (Å²) in [5, 5.41) is 8.18. The van der Waals surface area contributed by atoms with Crippen LogP contribution in [0, 0.1) is 0 Å². The molecule has 0 saturated carbocycles. The summed E-state index contributed by atoms with van der Waals surface area (Å²) in [6.45, 7) is 0. The van der Waals surface area contributed by atoms with Crippen LogP contribution < -0.4 is 4.74 Å². The van der Waals surface area contributed by atoms with Gasteiger partial charge in [0.1, 0.15) is 11.5 Å². The minimum absolute atomic E-state index is 0.466. The van der Waals surface area contributed by atoms with E-state index in [4.69, 9.17) is 9.15 Å². The highest BCUT2D eigenvalue weighted by molar-refractivity contribution is 5.58. The van der Waals surface area contributed by atoms with Crippen LogP contribution in [0.2, 0.25) is 0 Å². The Balaban J connectivity index is 1.54. The molecule has 0 unspecified atom stereocenters. The first-order chi connectivity index (χ1) is 11.9. The van der Waals surface area contributed by atoms with Crippen LogP contribution in [0.15, 0.2) is 83.5 Å². The largest absolute Gasteiger partial charge is 0.457 e. The highest BCUT2D eigenvalue weighted by Gasteiger charge is 2.10. The van der Waals surface area contributed by atoms with Gasteiger partial charge in [0.05, 0.1) is 0 Å². The summed E-state index contributed by atoms with van der Waals surface area (Å²) in [7, 11) is 0. The Labute approximate surface area is 138 Å². The van der Waals surface area contributed by atoms with Gasteiger partial charge in [0.2, 0.25) is 11.8 Å². The molecule has 0 fully saturated rings. The molecule has 2 aromatic heterocycles. The lowest BCUT2D eigenvalue weighted by atomic mass is 10.2. The van der Waals surface area contributed by atoms with E-state index in [9.17, 15) is 0 Å². The van der Waals surface area contributed by atoms with Crippen molar-refractivity contribution in [1.29, 1.82) is 0 Å². The predicted molar refractivity (Wildman–Crippen MR) is 89.5 cm³/mol. The zero-order chi connectivity index (χ0) is 16.2. The van der Waals surface area contributed by atoms with Gasteiger partial charge in [0.25, 0.3) is 0 Å². The molecule has 0 saturated heterocycles. The molecule has 0 aliphatic heterocycles. The number of hydrogen-bond donors (Lipinski definition) is 0. The number of aromatic nitrogens is 3. The van der Waals surface area contributed by atoms with Crippen molar-refractivity contribution in [3.63, 3.8) is 0 Å². The van der Waals surface area contributed by atoms with E-state index in [1.165, 1.54) is 0 Å². The molecule has 0 spiro atoms. The van der Waals surface area contributed by atoms with Gasteiger partial charge in [-0.15, -0.1) is 10.2 Å². The summed E-state index contributed by atoms with van der Waals surface area (Å²) in [5.74, 6) is 2.48. The number of rotatable bonds is 4. The van der Waals surface area contributed by atoms with Gasteiger partial charge in [-0.3, -0.25) is 4.98 Å². The minimum Gasteiger partial charge on any atom is -0.457 e. The maximum absolute atomic E-state index is 5.77. The fraction of sp³-hybridized carbons (Fsp3) is 0. The minimum atomic E-state index is 0.466. The number of benzene rings is 2. The molecule has 0 atom stereocenters. The highest BCUT2D eigenvalue weighted by atomic mass is 16.5. The third-order valence-corrected chi connectivity index (χ3v) is 3.43. The fourth-order valence-electron chi connectivity index (χ4n) is 2.24. The Morgan fingerprint density at radius 1 is 0.625 bits per heavy atom. The van der Waals surface area contributed by atoms with E-state index < -0.39 is 0 Å². The van der Waals surface area contributed by atoms with Crippen LogP contribution in [0.5, 0.6) is 11.5 Å². The van der Waals surface area contributed by atoms with Gasteiger partial charge in [0.15, 0.2) is 0 Å². The molecule has 5 nitrogen and oxygen atoms in total. The Kier molecular flexibility index (Phi) is 3.73. The van der Waals surface area contributed by atoms with Crippen molar-refractivity contribution >= 4 is 0 Å². The summed E-state index contributed by atoms with van der Waals surface area (Å²) in [6.07, 6.45) is 3.38. The van der Waals surface area contributed by atoms with Gasteiger partial charge in [-0.2, -0.15) is 0 Å². The molecule has 2 aromatic carbocycles. The van der Waals surface area contributed by atoms with E-state index in [-0.39, 0.29) is 0 Å². The maximum atomic E-state index is 5.77. The molecule has 0 bridgehead atoms. The molecular formula is C19H13N3O2. The van der Waals surface area contributed by atoms with Gasteiger partial charge in [-0.25, -0.2) is 0 Å². The van der Waals surface area contributed by atoms with Crippen LogP contribution in [0.1, 0.15) is 0 Å². The normalized spacial score (nSPS) is 10.5. The van der Waals surface area contributed by atoms with Crippen molar-refractivity contribution in [3.05, 3.63) is 79.1 Å². The lowest BCUT2D eigenvalue weighted by Crippen LogP contribution is -1.84. The summed E-state index contributed by atoms with van der Waals surface area (Å²) in [6, 6.07) is 20.8. The number of hydrogen-bond acceptors (Lipinski definition) is 5. The molecule has 0 radical (unpaired) electrons. The third-order valence-electron chi connectivity index (χ3n) is 3.43. The molecule has 0 N–H and O–H groups in total. The molecular weight excluding hydrogens is 302 g/mol. The average molecular weight is 315 g/mol. The zero-order valence-corrected chi connectivity index (χ0v) is 12.7. The first-order valence-electron chi connectivity index (χ1n) is 7.46. The Bertz CT molecular complexity index is 920. The van der Waals surface area contributed by atoms with E-state index in [1.54, 1.807) is 12.4 Å². The van der Waals surface area contributed by atoms with E-state index in [2.05, 4.69) is 15.2 Å². The average Bonchev–Trinajstić information content (AvgIpc) is 3.14. The lowest BCUT2D eigenvalue weighted by Gasteiger charge is -2.05. The Morgan fingerprint density at radius 3 is 1.88 bits per heavy atom. The van der Waals surface area contributed by atoms with Crippen LogP contribution in [-0.2, 0) is 0 Å². The topological polar surface area (TPSA) is 61.0 Å². The monoisotopic (exact) mass is 315 g/mol. The summed E-state index contributed by atoms with van der Waals surface area (Å²) in [5.41, 5.74) is 1.68. The smallest absolute Gasteiger partial charge is 0.248 e. The predicted octanol–water partition coefficient (Wildman–Crippen LogP) is 4.59. The number of para-hydroxylation sites is 1.